The van der Waals surface area contributed by atoms with Gasteiger partial charge in [0.05, 0.1) is 0 Å². The third-order valence-electron chi connectivity index (χ3n) is 3.99. The summed E-state index contributed by atoms with van der Waals surface area (Å²) in [5.74, 6) is -0.0591. The van der Waals surface area contributed by atoms with Crippen LogP contribution < -0.4 is 5.32 Å². The van der Waals surface area contributed by atoms with E-state index >= 15 is 0 Å². The van der Waals surface area contributed by atoms with Crippen LogP contribution in [0.5, 0.6) is 0 Å². The van der Waals surface area contributed by atoms with Crippen LogP contribution in [0, 0.1) is 0 Å². The first-order chi connectivity index (χ1) is 10.9. The summed E-state index contributed by atoms with van der Waals surface area (Å²) in [6.45, 7) is 7.76. The minimum absolute atomic E-state index is 0.0418. The predicted octanol–water partition coefficient (Wildman–Crippen LogP) is 3.49. The lowest BCUT2D eigenvalue weighted by Gasteiger charge is -2.24. The number of benzene rings is 1. The Kier molecular flexibility index (Phi) is 5.59. The zero-order valence-corrected chi connectivity index (χ0v) is 14.3. The molecule has 0 fully saturated rings. The van der Waals surface area contributed by atoms with Gasteiger partial charge in [0.1, 0.15) is 0 Å². The molecule has 1 aliphatic heterocycles. The van der Waals surface area contributed by atoms with Crippen LogP contribution in [0.4, 0.5) is 5.69 Å². The minimum Gasteiger partial charge on any atom is -0.339 e. The normalized spacial score (nSPS) is 14.7. The van der Waals surface area contributed by atoms with E-state index in [9.17, 15) is 9.59 Å². The van der Waals surface area contributed by atoms with E-state index in [0.29, 0.717) is 6.54 Å². The highest BCUT2D eigenvalue weighted by Gasteiger charge is 2.19. The summed E-state index contributed by atoms with van der Waals surface area (Å²) in [6, 6.07) is 7.83. The Morgan fingerprint density at radius 1 is 1.13 bits per heavy atom. The van der Waals surface area contributed by atoms with Gasteiger partial charge in [0.2, 0.25) is 11.8 Å². The van der Waals surface area contributed by atoms with Crippen molar-refractivity contribution >= 4 is 17.5 Å². The fraction of sp³-hybridized carbons (Fsp3) is 0.474. The second kappa shape index (κ2) is 7.44. The second-order valence-electron chi connectivity index (χ2n) is 6.94. The van der Waals surface area contributed by atoms with Crippen molar-refractivity contribution in [2.75, 3.05) is 18.4 Å². The number of rotatable bonds is 4. The van der Waals surface area contributed by atoms with Gasteiger partial charge in [-0.05, 0) is 23.5 Å². The number of anilines is 1. The van der Waals surface area contributed by atoms with E-state index in [1.807, 2.05) is 30.3 Å². The summed E-state index contributed by atoms with van der Waals surface area (Å²) in [4.78, 5) is 26.1. The lowest BCUT2D eigenvalue weighted by molar-refractivity contribution is -0.132. The van der Waals surface area contributed by atoms with E-state index in [4.69, 9.17) is 0 Å². The number of hydrogen-bond acceptors (Lipinski definition) is 2. The van der Waals surface area contributed by atoms with Gasteiger partial charge in [-0.25, -0.2) is 0 Å². The van der Waals surface area contributed by atoms with Gasteiger partial charge in [-0.1, -0.05) is 51.1 Å². The quantitative estimate of drug-likeness (QED) is 0.865. The molecule has 1 aromatic rings. The molecule has 0 saturated heterocycles. The van der Waals surface area contributed by atoms with Gasteiger partial charge in [0.25, 0.3) is 0 Å². The monoisotopic (exact) mass is 314 g/mol. The third kappa shape index (κ3) is 4.95. The molecule has 0 radical (unpaired) electrons. The van der Waals surface area contributed by atoms with Crippen molar-refractivity contribution in [3.05, 3.63) is 42.0 Å². The van der Waals surface area contributed by atoms with Crippen molar-refractivity contribution in [3.63, 3.8) is 0 Å². The van der Waals surface area contributed by atoms with Crippen LogP contribution in [0.3, 0.4) is 0 Å². The van der Waals surface area contributed by atoms with Gasteiger partial charge >= 0.3 is 0 Å². The first-order valence-corrected chi connectivity index (χ1v) is 8.20. The summed E-state index contributed by atoms with van der Waals surface area (Å²) in [5, 5.41) is 2.95. The average molecular weight is 314 g/mol. The third-order valence-corrected chi connectivity index (χ3v) is 3.99. The van der Waals surface area contributed by atoms with E-state index in [2.05, 4.69) is 32.2 Å². The molecule has 0 atom stereocenters. The predicted molar refractivity (Wildman–Crippen MR) is 93.3 cm³/mol. The number of nitrogens with zero attached hydrogens (tertiary/aromatic N) is 1. The molecular formula is C19H26N2O2. The Bertz CT molecular complexity index is 600. The van der Waals surface area contributed by atoms with Gasteiger partial charge in [0.15, 0.2) is 0 Å². The molecule has 1 heterocycles. The van der Waals surface area contributed by atoms with E-state index in [0.717, 1.165) is 24.2 Å². The van der Waals surface area contributed by atoms with Crippen molar-refractivity contribution in [1.29, 1.82) is 0 Å². The highest BCUT2D eigenvalue weighted by Crippen LogP contribution is 2.29. The molecule has 1 aliphatic rings. The number of para-hydroxylation sites is 1. The summed E-state index contributed by atoms with van der Waals surface area (Å²) < 4.78 is 0. The van der Waals surface area contributed by atoms with Crippen molar-refractivity contribution in [1.82, 2.24) is 4.90 Å². The van der Waals surface area contributed by atoms with Crippen LogP contribution in [0.25, 0.3) is 0 Å². The Morgan fingerprint density at radius 2 is 1.87 bits per heavy atom. The SMILES string of the molecule is CC(C)(C)c1ccccc1NC(=O)CCC(=O)N1CC=CCC1. The first kappa shape index (κ1) is 17.3. The van der Waals surface area contributed by atoms with Crippen LogP contribution in [0.15, 0.2) is 36.4 Å². The van der Waals surface area contributed by atoms with Crippen LogP contribution in [0.2, 0.25) is 0 Å². The molecule has 1 aromatic carbocycles. The van der Waals surface area contributed by atoms with Crippen LogP contribution >= 0.6 is 0 Å². The first-order valence-electron chi connectivity index (χ1n) is 8.20. The molecule has 0 spiro atoms. The Hall–Kier alpha value is -2.10. The maximum atomic E-state index is 12.2. The molecular weight excluding hydrogens is 288 g/mol. The molecule has 2 amide bonds. The maximum Gasteiger partial charge on any atom is 0.224 e. The van der Waals surface area contributed by atoms with E-state index in [1.165, 1.54) is 0 Å². The standard InChI is InChI=1S/C19H26N2O2/c1-19(2,3)15-9-5-6-10-16(15)20-17(22)11-12-18(23)21-13-7-4-8-14-21/h4-7,9-10H,8,11-14H2,1-3H3,(H,20,22). The number of amides is 2. The Labute approximate surface area is 138 Å². The number of nitrogens with one attached hydrogen (secondary N) is 1. The highest BCUT2D eigenvalue weighted by molar-refractivity contribution is 5.94. The summed E-state index contributed by atoms with van der Waals surface area (Å²) >= 11 is 0. The molecule has 0 saturated carbocycles. The molecule has 124 valence electrons. The smallest absolute Gasteiger partial charge is 0.224 e. The number of carbonyl (C=O) groups excluding carboxylic acids is 2. The van der Waals surface area contributed by atoms with Crippen molar-refractivity contribution < 1.29 is 9.59 Å². The van der Waals surface area contributed by atoms with Gasteiger partial charge < -0.3 is 10.2 Å². The fourth-order valence-corrected chi connectivity index (χ4v) is 2.71. The van der Waals surface area contributed by atoms with E-state index in [1.54, 1.807) is 4.90 Å². The van der Waals surface area contributed by atoms with Gasteiger partial charge in [-0.3, -0.25) is 9.59 Å². The van der Waals surface area contributed by atoms with Gasteiger partial charge in [-0.15, -0.1) is 0 Å². The number of hydrogen-bond donors (Lipinski definition) is 1. The molecule has 2 rings (SSSR count). The Balaban J connectivity index is 1.90. The Morgan fingerprint density at radius 3 is 2.52 bits per heavy atom. The zero-order chi connectivity index (χ0) is 16.9. The minimum atomic E-state index is -0.109. The van der Waals surface area contributed by atoms with Crippen molar-refractivity contribution in [3.8, 4) is 0 Å². The molecule has 0 aromatic heterocycles. The number of carbonyl (C=O) groups is 2. The molecule has 4 heteroatoms. The van der Waals surface area contributed by atoms with Crippen LogP contribution in [0.1, 0.15) is 45.6 Å². The highest BCUT2D eigenvalue weighted by atomic mass is 16.2. The molecule has 0 aliphatic carbocycles. The van der Waals surface area contributed by atoms with Crippen LogP contribution in [-0.4, -0.2) is 29.8 Å². The molecule has 0 unspecified atom stereocenters. The van der Waals surface area contributed by atoms with Gasteiger partial charge in [0, 0.05) is 31.6 Å². The fourth-order valence-electron chi connectivity index (χ4n) is 2.71. The summed E-state index contributed by atoms with van der Waals surface area (Å²) in [5.41, 5.74) is 1.89. The molecule has 4 nitrogen and oxygen atoms in total. The van der Waals surface area contributed by atoms with E-state index in [-0.39, 0.29) is 30.1 Å². The van der Waals surface area contributed by atoms with Crippen LogP contribution in [-0.2, 0) is 15.0 Å². The molecule has 1 N–H and O–H groups in total. The molecule has 23 heavy (non-hydrogen) atoms. The lowest BCUT2D eigenvalue weighted by atomic mass is 9.86. The van der Waals surface area contributed by atoms with Crippen molar-refractivity contribution in [2.24, 2.45) is 0 Å². The lowest BCUT2D eigenvalue weighted by Crippen LogP contribution is -2.34. The topological polar surface area (TPSA) is 49.4 Å². The summed E-state index contributed by atoms with van der Waals surface area (Å²) in [6.07, 6.45) is 5.47. The maximum absolute atomic E-state index is 12.2. The van der Waals surface area contributed by atoms with E-state index < -0.39 is 0 Å². The summed E-state index contributed by atoms with van der Waals surface area (Å²) in [7, 11) is 0. The zero-order valence-electron chi connectivity index (χ0n) is 14.3. The van der Waals surface area contributed by atoms with Gasteiger partial charge in [-0.2, -0.15) is 0 Å². The van der Waals surface area contributed by atoms with Crippen molar-refractivity contribution in [2.45, 2.75) is 45.4 Å². The second-order valence-corrected chi connectivity index (χ2v) is 6.94. The average Bonchev–Trinajstić information content (AvgIpc) is 2.53. The largest absolute Gasteiger partial charge is 0.339 e. The molecule has 0 bridgehead atoms.